The lowest BCUT2D eigenvalue weighted by atomic mass is 9.87. The molecule has 0 radical (unpaired) electrons. The van der Waals surface area contributed by atoms with Crippen LogP contribution in [0.2, 0.25) is 0 Å². The first kappa shape index (κ1) is 17.5. The van der Waals surface area contributed by atoms with E-state index in [2.05, 4.69) is 62.7 Å². The van der Waals surface area contributed by atoms with Crippen LogP contribution in [-0.4, -0.2) is 12.6 Å². The first-order valence-electron chi connectivity index (χ1n) is 8.00. The molecular weight excluding hydrogens is 254 g/mol. The third kappa shape index (κ3) is 5.73. The molecule has 1 nitrogen and oxygen atoms in total. The zero-order valence-corrected chi connectivity index (χ0v) is 13.6. The Bertz CT molecular complexity index is 460. The Morgan fingerprint density at radius 2 is 2.05 bits per heavy atom. The van der Waals surface area contributed by atoms with Crippen LogP contribution in [-0.2, 0) is 0 Å². The molecule has 1 aliphatic heterocycles. The summed E-state index contributed by atoms with van der Waals surface area (Å²) in [6, 6.07) is 0.387. The summed E-state index contributed by atoms with van der Waals surface area (Å²) >= 11 is 0. The molecule has 114 valence electrons. The maximum absolute atomic E-state index is 3.85. The lowest BCUT2D eigenvalue weighted by Crippen LogP contribution is -2.37. The van der Waals surface area contributed by atoms with Gasteiger partial charge in [-0.25, -0.2) is 0 Å². The molecule has 1 heteroatoms. The van der Waals surface area contributed by atoms with Gasteiger partial charge in [-0.2, -0.15) is 0 Å². The molecule has 0 spiro atoms. The van der Waals surface area contributed by atoms with E-state index in [0.717, 1.165) is 32.2 Å². The molecule has 0 bridgehead atoms. The van der Waals surface area contributed by atoms with Crippen molar-refractivity contribution in [3.8, 4) is 0 Å². The van der Waals surface area contributed by atoms with E-state index in [1.54, 1.807) is 0 Å². The summed E-state index contributed by atoms with van der Waals surface area (Å²) in [5.41, 5.74) is 4.18. The van der Waals surface area contributed by atoms with Gasteiger partial charge in [0.2, 0.25) is 0 Å². The molecule has 0 aliphatic carbocycles. The third-order valence-electron chi connectivity index (χ3n) is 3.61. The van der Waals surface area contributed by atoms with Crippen LogP contribution in [0.4, 0.5) is 0 Å². The van der Waals surface area contributed by atoms with Crippen LogP contribution in [0.25, 0.3) is 0 Å². The van der Waals surface area contributed by atoms with Gasteiger partial charge in [0, 0.05) is 6.04 Å². The second-order valence-electron chi connectivity index (χ2n) is 5.24. The van der Waals surface area contributed by atoms with Crippen molar-refractivity contribution in [3.63, 3.8) is 0 Å². The molecule has 0 aromatic rings. The average molecular weight is 283 g/mol. The first-order valence-corrected chi connectivity index (χ1v) is 8.00. The van der Waals surface area contributed by atoms with Crippen molar-refractivity contribution in [2.24, 2.45) is 0 Å². The van der Waals surface area contributed by atoms with Gasteiger partial charge in [-0.05, 0) is 48.9 Å². The quantitative estimate of drug-likeness (QED) is 0.628. The lowest BCUT2D eigenvalue weighted by molar-refractivity contribution is 0.535. The topological polar surface area (TPSA) is 12.0 Å². The van der Waals surface area contributed by atoms with Gasteiger partial charge >= 0.3 is 0 Å². The Balaban J connectivity index is 2.97. The number of allylic oxidation sites excluding steroid dienone is 7. The fourth-order valence-electron chi connectivity index (χ4n) is 2.70. The molecule has 0 aromatic heterocycles. The maximum atomic E-state index is 3.85. The molecule has 1 heterocycles. The SMILES string of the molecule is C=C/C=C(\C=C/CC)CC1NCCC(=C/C=C)/C1=C\CC. The number of piperidine rings is 1. The van der Waals surface area contributed by atoms with E-state index in [0.29, 0.717) is 6.04 Å². The van der Waals surface area contributed by atoms with E-state index in [4.69, 9.17) is 0 Å². The first-order chi connectivity index (χ1) is 10.3. The molecule has 0 amide bonds. The molecule has 1 aliphatic rings. The van der Waals surface area contributed by atoms with Gasteiger partial charge < -0.3 is 5.32 Å². The predicted octanol–water partition coefficient (Wildman–Crippen LogP) is 5.27. The zero-order chi connectivity index (χ0) is 15.5. The van der Waals surface area contributed by atoms with Crippen molar-refractivity contribution in [2.75, 3.05) is 6.54 Å². The van der Waals surface area contributed by atoms with Crippen molar-refractivity contribution in [1.82, 2.24) is 5.32 Å². The van der Waals surface area contributed by atoms with Crippen molar-refractivity contribution in [2.45, 2.75) is 45.6 Å². The molecule has 1 N–H and O–H groups in total. The molecule has 1 atom stereocenters. The summed E-state index contributed by atoms with van der Waals surface area (Å²) in [5.74, 6) is 0. The molecule has 1 saturated heterocycles. The van der Waals surface area contributed by atoms with Gasteiger partial charge in [0.25, 0.3) is 0 Å². The Morgan fingerprint density at radius 1 is 1.24 bits per heavy atom. The molecule has 1 fully saturated rings. The highest BCUT2D eigenvalue weighted by Gasteiger charge is 2.21. The number of nitrogens with one attached hydrogen (secondary N) is 1. The minimum Gasteiger partial charge on any atom is -0.309 e. The second kappa shape index (κ2) is 10.2. The van der Waals surface area contributed by atoms with Crippen LogP contribution in [0, 0.1) is 0 Å². The van der Waals surface area contributed by atoms with E-state index >= 15 is 0 Å². The standard InChI is InChI=1S/C20H29N/c1-5-9-13-17(10-6-2)16-20-19(12-8-4)18(11-7-3)14-15-21-20/h6-7,9-13,20-21H,2-3,5,8,14-16H2,1,4H3/b13-9-,17-10+,18-11-,19-12+. The van der Waals surface area contributed by atoms with Gasteiger partial charge in [0.15, 0.2) is 0 Å². The van der Waals surface area contributed by atoms with Crippen LogP contribution < -0.4 is 5.32 Å². The Labute approximate surface area is 130 Å². The summed E-state index contributed by atoms with van der Waals surface area (Å²) in [6.45, 7) is 13.1. The largest absolute Gasteiger partial charge is 0.309 e. The van der Waals surface area contributed by atoms with Crippen LogP contribution in [0.15, 0.2) is 72.4 Å². The van der Waals surface area contributed by atoms with Crippen molar-refractivity contribution in [3.05, 3.63) is 72.4 Å². The molecular formula is C20H29N. The van der Waals surface area contributed by atoms with Crippen LogP contribution >= 0.6 is 0 Å². The lowest BCUT2D eigenvalue weighted by Gasteiger charge is -2.30. The Kier molecular flexibility index (Phi) is 8.45. The molecule has 21 heavy (non-hydrogen) atoms. The van der Waals surface area contributed by atoms with Gasteiger partial charge in [-0.1, -0.05) is 69.5 Å². The Hall–Kier alpha value is -1.60. The van der Waals surface area contributed by atoms with Crippen molar-refractivity contribution >= 4 is 0 Å². The van der Waals surface area contributed by atoms with E-state index in [1.807, 2.05) is 12.2 Å². The fraction of sp³-hybridized carbons (Fsp3) is 0.400. The summed E-state index contributed by atoms with van der Waals surface area (Å²) in [6.07, 6.45) is 19.0. The van der Waals surface area contributed by atoms with Gasteiger partial charge in [-0.15, -0.1) is 0 Å². The summed E-state index contributed by atoms with van der Waals surface area (Å²) in [4.78, 5) is 0. The van der Waals surface area contributed by atoms with E-state index in [1.165, 1.54) is 16.7 Å². The highest BCUT2D eigenvalue weighted by atomic mass is 14.9. The molecule has 0 aromatic carbocycles. The summed E-state index contributed by atoms with van der Waals surface area (Å²) in [7, 11) is 0. The maximum Gasteiger partial charge on any atom is 0.0360 e. The van der Waals surface area contributed by atoms with Crippen LogP contribution in [0.5, 0.6) is 0 Å². The monoisotopic (exact) mass is 283 g/mol. The van der Waals surface area contributed by atoms with Crippen LogP contribution in [0.3, 0.4) is 0 Å². The van der Waals surface area contributed by atoms with E-state index < -0.39 is 0 Å². The Morgan fingerprint density at radius 3 is 2.67 bits per heavy atom. The van der Waals surface area contributed by atoms with Gasteiger partial charge in [0.1, 0.15) is 0 Å². The molecule has 0 saturated carbocycles. The summed E-state index contributed by atoms with van der Waals surface area (Å²) < 4.78 is 0. The molecule has 1 rings (SSSR count). The van der Waals surface area contributed by atoms with Crippen molar-refractivity contribution < 1.29 is 0 Å². The number of hydrogen-bond acceptors (Lipinski definition) is 1. The van der Waals surface area contributed by atoms with Crippen molar-refractivity contribution in [1.29, 1.82) is 0 Å². The van der Waals surface area contributed by atoms with E-state index in [9.17, 15) is 0 Å². The fourth-order valence-corrected chi connectivity index (χ4v) is 2.70. The minimum atomic E-state index is 0.387. The smallest absolute Gasteiger partial charge is 0.0360 e. The van der Waals surface area contributed by atoms with Gasteiger partial charge in [-0.3, -0.25) is 0 Å². The third-order valence-corrected chi connectivity index (χ3v) is 3.61. The normalized spacial score (nSPS) is 23.9. The van der Waals surface area contributed by atoms with Gasteiger partial charge in [0.05, 0.1) is 0 Å². The number of rotatable bonds is 7. The average Bonchev–Trinajstić information content (AvgIpc) is 2.48. The zero-order valence-electron chi connectivity index (χ0n) is 13.6. The highest BCUT2D eigenvalue weighted by Crippen LogP contribution is 2.27. The number of hydrogen-bond donors (Lipinski definition) is 1. The second-order valence-corrected chi connectivity index (χ2v) is 5.24. The molecule has 1 unspecified atom stereocenters. The predicted molar refractivity (Wildman–Crippen MR) is 95.4 cm³/mol. The minimum absolute atomic E-state index is 0.387. The summed E-state index contributed by atoms with van der Waals surface area (Å²) in [5, 5.41) is 3.66. The highest BCUT2D eigenvalue weighted by molar-refractivity contribution is 5.41. The van der Waals surface area contributed by atoms with E-state index in [-0.39, 0.29) is 0 Å². The van der Waals surface area contributed by atoms with Crippen LogP contribution in [0.1, 0.15) is 39.5 Å².